The molecule has 3 nitrogen and oxygen atoms in total. The minimum absolute atomic E-state index is 0.160. The first kappa shape index (κ1) is 9.80. The lowest BCUT2D eigenvalue weighted by Gasteiger charge is -2.17. The zero-order chi connectivity index (χ0) is 10.2. The van der Waals surface area contributed by atoms with Crippen molar-refractivity contribution in [3.8, 4) is 0 Å². The molecule has 76 valence electrons. The third-order valence-electron chi connectivity index (χ3n) is 2.30. The minimum Gasteiger partial charge on any atom is -0.385 e. The zero-order valence-corrected chi connectivity index (χ0v) is 9.03. The van der Waals surface area contributed by atoms with Gasteiger partial charge in [0.15, 0.2) is 0 Å². The SMILES string of the molecule is O=S(=O)(Cl)c1ccc2c(c1)NCCC2. The Morgan fingerprint density at radius 1 is 1.36 bits per heavy atom. The van der Waals surface area contributed by atoms with Crippen molar-refractivity contribution >= 4 is 25.4 Å². The van der Waals surface area contributed by atoms with E-state index in [1.165, 1.54) is 0 Å². The van der Waals surface area contributed by atoms with E-state index in [1.807, 2.05) is 6.07 Å². The molecule has 0 spiro atoms. The van der Waals surface area contributed by atoms with E-state index in [0.29, 0.717) is 0 Å². The molecule has 1 aliphatic heterocycles. The molecule has 0 aromatic heterocycles. The molecule has 0 aliphatic carbocycles. The fourth-order valence-electron chi connectivity index (χ4n) is 1.59. The number of hydrogen-bond acceptors (Lipinski definition) is 3. The van der Waals surface area contributed by atoms with E-state index in [9.17, 15) is 8.42 Å². The smallest absolute Gasteiger partial charge is 0.261 e. The average Bonchev–Trinajstić information content (AvgIpc) is 2.16. The van der Waals surface area contributed by atoms with Gasteiger partial charge in [-0.15, -0.1) is 0 Å². The molecule has 1 aromatic rings. The van der Waals surface area contributed by atoms with Crippen molar-refractivity contribution in [1.82, 2.24) is 0 Å². The van der Waals surface area contributed by atoms with Gasteiger partial charge >= 0.3 is 0 Å². The van der Waals surface area contributed by atoms with Crippen LogP contribution >= 0.6 is 10.7 Å². The molecular weight excluding hydrogens is 222 g/mol. The molecule has 5 heteroatoms. The summed E-state index contributed by atoms with van der Waals surface area (Å²) >= 11 is 0. The van der Waals surface area contributed by atoms with Crippen LogP contribution in [0.1, 0.15) is 12.0 Å². The molecular formula is C9H10ClNO2S. The van der Waals surface area contributed by atoms with Crippen LogP contribution in [0, 0.1) is 0 Å². The van der Waals surface area contributed by atoms with Crippen molar-refractivity contribution in [2.24, 2.45) is 0 Å². The van der Waals surface area contributed by atoms with Crippen LogP contribution in [-0.2, 0) is 15.5 Å². The first-order valence-corrected chi connectivity index (χ1v) is 6.70. The Balaban J connectivity index is 2.49. The molecule has 1 heterocycles. The number of hydrogen-bond donors (Lipinski definition) is 1. The van der Waals surface area contributed by atoms with Crippen LogP contribution in [0.3, 0.4) is 0 Å². The average molecular weight is 232 g/mol. The molecule has 0 saturated heterocycles. The summed E-state index contributed by atoms with van der Waals surface area (Å²) in [7, 11) is 1.64. The monoisotopic (exact) mass is 231 g/mol. The van der Waals surface area contributed by atoms with Gasteiger partial charge in [-0.3, -0.25) is 0 Å². The van der Waals surface area contributed by atoms with Crippen LogP contribution < -0.4 is 5.32 Å². The minimum atomic E-state index is -3.60. The van der Waals surface area contributed by atoms with E-state index >= 15 is 0 Å². The van der Waals surface area contributed by atoms with E-state index in [2.05, 4.69) is 5.32 Å². The summed E-state index contributed by atoms with van der Waals surface area (Å²) in [4.78, 5) is 0.160. The molecule has 0 saturated carbocycles. The largest absolute Gasteiger partial charge is 0.385 e. The van der Waals surface area contributed by atoms with Gasteiger partial charge in [0.25, 0.3) is 9.05 Å². The van der Waals surface area contributed by atoms with Gasteiger partial charge in [-0.2, -0.15) is 0 Å². The molecule has 1 aromatic carbocycles. The molecule has 0 atom stereocenters. The molecule has 0 radical (unpaired) electrons. The Morgan fingerprint density at radius 3 is 2.86 bits per heavy atom. The maximum Gasteiger partial charge on any atom is 0.261 e. The Kier molecular flexibility index (Phi) is 2.41. The quantitative estimate of drug-likeness (QED) is 0.752. The van der Waals surface area contributed by atoms with Crippen LogP contribution in [0.2, 0.25) is 0 Å². The highest BCUT2D eigenvalue weighted by Crippen LogP contribution is 2.26. The van der Waals surface area contributed by atoms with Gasteiger partial charge in [0.05, 0.1) is 4.90 Å². The number of fused-ring (bicyclic) bond motifs is 1. The van der Waals surface area contributed by atoms with Gasteiger partial charge in [-0.05, 0) is 30.5 Å². The summed E-state index contributed by atoms with van der Waals surface area (Å²) in [5.41, 5.74) is 2.04. The first-order valence-electron chi connectivity index (χ1n) is 4.39. The normalized spacial score (nSPS) is 15.8. The van der Waals surface area contributed by atoms with Crippen LogP contribution in [-0.4, -0.2) is 15.0 Å². The third kappa shape index (κ3) is 1.86. The maximum absolute atomic E-state index is 11.1. The molecule has 0 fully saturated rings. The predicted octanol–water partition coefficient (Wildman–Crippen LogP) is 1.97. The molecule has 14 heavy (non-hydrogen) atoms. The number of aryl methyl sites for hydroxylation is 1. The fourth-order valence-corrected chi connectivity index (χ4v) is 2.37. The van der Waals surface area contributed by atoms with E-state index in [-0.39, 0.29) is 4.90 Å². The van der Waals surface area contributed by atoms with Crippen molar-refractivity contribution < 1.29 is 8.42 Å². The number of nitrogens with one attached hydrogen (secondary N) is 1. The molecule has 0 bridgehead atoms. The van der Waals surface area contributed by atoms with Crippen molar-refractivity contribution in [3.05, 3.63) is 23.8 Å². The Morgan fingerprint density at radius 2 is 2.14 bits per heavy atom. The summed E-state index contributed by atoms with van der Waals surface area (Å²) < 4.78 is 22.1. The molecule has 1 aliphatic rings. The highest BCUT2D eigenvalue weighted by molar-refractivity contribution is 8.13. The van der Waals surface area contributed by atoms with E-state index in [0.717, 1.165) is 30.6 Å². The summed E-state index contributed by atoms with van der Waals surface area (Å²) in [6.45, 7) is 0.888. The van der Waals surface area contributed by atoms with Crippen LogP contribution in [0.5, 0.6) is 0 Å². The van der Waals surface area contributed by atoms with Gasteiger partial charge in [0.2, 0.25) is 0 Å². The molecule has 1 N–H and O–H groups in total. The topological polar surface area (TPSA) is 46.2 Å². The predicted molar refractivity (Wildman–Crippen MR) is 56.3 cm³/mol. The number of rotatable bonds is 1. The molecule has 2 rings (SSSR count). The van der Waals surface area contributed by atoms with Crippen LogP contribution in [0.15, 0.2) is 23.1 Å². The second-order valence-electron chi connectivity index (χ2n) is 3.29. The lowest BCUT2D eigenvalue weighted by molar-refractivity contribution is 0.609. The lowest BCUT2D eigenvalue weighted by Crippen LogP contribution is -2.12. The second-order valence-corrected chi connectivity index (χ2v) is 5.85. The van der Waals surface area contributed by atoms with E-state index in [4.69, 9.17) is 10.7 Å². The first-order chi connectivity index (χ1) is 6.57. The van der Waals surface area contributed by atoms with Crippen molar-refractivity contribution in [1.29, 1.82) is 0 Å². The zero-order valence-electron chi connectivity index (χ0n) is 7.46. The summed E-state index contributed by atoms with van der Waals surface area (Å²) in [5, 5.41) is 3.15. The standard InChI is InChI=1S/C9H10ClNO2S/c10-14(12,13)8-4-3-7-2-1-5-11-9(7)6-8/h3-4,6,11H,1-2,5H2. The Bertz CT molecular complexity index is 456. The van der Waals surface area contributed by atoms with E-state index in [1.54, 1.807) is 12.1 Å². The van der Waals surface area contributed by atoms with Crippen molar-refractivity contribution in [2.45, 2.75) is 17.7 Å². The van der Waals surface area contributed by atoms with E-state index < -0.39 is 9.05 Å². The highest BCUT2D eigenvalue weighted by Gasteiger charge is 2.14. The lowest BCUT2D eigenvalue weighted by atomic mass is 10.0. The molecule has 0 amide bonds. The summed E-state index contributed by atoms with van der Waals surface area (Å²) in [6, 6.07) is 4.96. The van der Waals surface area contributed by atoms with Crippen molar-refractivity contribution in [2.75, 3.05) is 11.9 Å². The van der Waals surface area contributed by atoms with Gasteiger partial charge in [-0.1, -0.05) is 6.07 Å². The van der Waals surface area contributed by atoms with Crippen molar-refractivity contribution in [3.63, 3.8) is 0 Å². The van der Waals surface area contributed by atoms with Crippen LogP contribution in [0.25, 0.3) is 0 Å². The van der Waals surface area contributed by atoms with Gasteiger partial charge in [0, 0.05) is 22.9 Å². The third-order valence-corrected chi connectivity index (χ3v) is 3.65. The summed E-state index contributed by atoms with van der Waals surface area (Å²) in [5.74, 6) is 0. The van der Waals surface area contributed by atoms with Gasteiger partial charge in [-0.25, -0.2) is 8.42 Å². The number of benzene rings is 1. The second kappa shape index (κ2) is 3.44. The van der Waals surface area contributed by atoms with Gasteiger partial charge < -0.3 is 5.32 Å². The van der Waals surface area contributed by atoms with Gasteiger partial charge in [0.1, 0.15) is 0 Å². The number of halogens is 1. The fraction of sp³-hybridized carbons (Fsp3) is 0.333. The Labute approximate surface area is 87.5 Å². The highest BCUT2D eigenvalue weighted by atomic mass is 35.7. The maximum atomic E-state index is 11.1. The van der Waals surface area contributed by atoms with Crippen LogP contribution in [0.4, 0.5) is 5.69 Å². The summed E-state index contributed by atoms with van der Waals surface area (Å²) in [6.07, 6.45) is 2.07. The molecule has 0 unspecified atom stereocenters. The number of anilines is 1. The Hall–Kier alpha value is -0.740.